The van der Waals surface area contributed by atoms with Crippen LogP contribution in [0.1, 0.15) is 17.5 Å². The molecule has 0 aliphatic carbocycles. The maximum Gasteiger partial charge on any atom is 0.267 e. The van der Waals surface area contributed by atoms with Gasteiger partial charge in [-0.2, -0.15) is 0 Å². The van der Waals surface area contributed by atoms with Gasteiger partial charge < -0.3 is 10.6 Å². The molecule has 0 spiro atoms. The first-order valence-corrected chi connectivity index (χ1v) is 9.57. The number of hydrogen-bond acceptors (Lipinski definition) is 6. The lowest BCUT2D eigenvalue weighted by Crippen LogP contribution is -2.43. The minimum Gasteiger partial charge on any atom is -0.363 e. The van der Waals surface area contributed by atoms with Gasteiger partial charge in [-0.3, -0.25) is 15.0 Å². The van der Waals surface area contributed by atoms with Gasteiger partial charge in [0, 0.05) is 30.4 Å². The second kappa shape index (κ2) is 8.38. The molecule has 4 rings (SSSR count). The standard InChI is InChI=1S/C22H23N5O2/c28-21(27-29)8-6-16-5-7-20(25-13-16)26-22(9-10-23-15-22)12-17-11-18-3-1-2-4-19(18)24-14-17/h1-8,11,13-14,23,29H,9-10,12,15H2,(H,25,26)(H,27,28)/b8-6+/t22-/m0/s1. The fourth-order valence-corrected chi connectivity index (χ4v) is 3.71. The molecule has 148 valence electrons. The SMILES string of the molecule is O=C(/C=C/c1ccc(N[C@]2(Cc3cnc4ccccc4c3)CCNC2)nc1)NO. The zero-order valence-electron chi connectivity index (χ0n) is 15.9. The molecule has 0 radical (unpaired) electrons. The number of rotatable bonds is 6. The van der Waals surface area contributed by atoms with E-state index >= 15 is 0 Å². The lowest BCUT2D eigenvalue weighted by molar-refractivity contribution is -0.124. The van der Waals surface area contributed by atoms with Crippen molar-refractivity contribution < 1.29 is 10.0 Å². The molecule has 0 saturated carbocycles. The van der Waals surface area contributed by atoms with Gasteiger partial charge in [-0.1, -0.05) is 18.2 Å². The zero-order chi connectivity index (χ0) is 20.1. The summed E-state index contributed by atoms with van der Waals surface area (Å²) >= 11 is 0. The van der Waals surface area contributed by atoms with E-state index < -0.39 is 5.91 Å². The number of para-hydroxylation sites is 1. The molecule has 1 aliphatic heterocycles. The quantitative estimate of drug-likeness (QED) is 0.294. The summed E-state index contributed by atoms with van der Waals surface area (Å²) in [6.07, 6.45) is 8.32. The number of nitrogens with one attached hydrogen (secondary N) is 3. The summed E-state index contributed by atoms with van der Waals surface area (Å²) in [6, 6.07) is 14.1. The van der Waals surface area contributed by atoms with Crippen molar-refractivity contribution in [2.75, 3.05) is 18.4 Å². The van der Waals surface area contributed by atoms with E-state index in [1.807, 2.05) is 36.5 Å². The van der Waals surface area contributed by atoms with Crippen LogP contribution >= 0.6 is 0 Å². The molecule has 7 nitrogen and oxygen atoms in total. The molecule has 7 heteroatoms. The Kier molecular flexibility index (Phi) is 5.50. The van der Waals surface area contributed by atoms with Gasteiger partial charge in [-0.15, -0.1) is 0 Å². The third-order valence-electron chi connectivity index (χ3n) is 5.15. The van der Waals surface area contributed by atoms with E-state index in [0.29, 0.717) is 0 Å². The molecule has 3 aromatic rings. The average molecular weight is 389 g/mol. The summed E-state index contributed by atoms with van der Waals surface area (Å²) in [4.78, 5) is 20.2. The van der Waals surface area contributed by atoms with Crippen molar-refractivity contribution in [1.29, 1.82) is 0 Å². The van der Waals surface area contributed by atoms with Crippen molar-refractivity contribution in [3.63, 3.8) is 0 Å². The van der Waals surface area contributed by atoms with E-state index in [0.717, 1.165) is 48.2 Å². The van der Waals surface area contributed by atoms with Crippen LogP contribution in [-0.4, -0.2) is 39.7 Å². The minimum absolute atomic E-state index is 0.134. The van der Waals surface area contributed by atoms with Crippen molar-refractivity contribution in [1.82, 2.24) is 20.8 Å². The molecule has 1 aromatic carbocycles. The second-order valence-electron chi connectivity index (χ2n) is 7.33. The molecule has 0 unspecified atom stereocenters. The van der Waals surface area contributed by atoms with Crippen LogP contribution in [0.15, 0.2) is 60.9 Å². The number of pyridine rings is 2. The topological polar surface area (TPSA) is 99.2 Å². The van der Waals surface area contributed by atoms with E-state index in [1.54, 1.807) is 17.8 Å². The van der Waals surface area contributed by atoms with Crippen molar-refractivity contribution in [2.24, 2.45) is 0 Å². The van der Waals surface area contributed by atoms with Gasteiger partial charge in [0.2, 0.25) is 0 Å². The lowest BCUT2D eigenvalue weighted by Gasteiger charge is -2.30. The van der Waals surface area contributed by atoms with E-state index in [4.69, 9.17) is 5.21 Å². The summed E-state index contributed by atoms with van der Waals surface area (Å²) in [5, 5.41) is 16.7. The van der Waals surface area contributed by atoms with Gasteiger partial charge in [0.1, 0.15) is 5.82 Å². The van der Waals surface area contributed by atoms with Crippen molar-refractivity contribution in [2.45, 2.75) is 18.4 Å². The largest absolute Gasteiger partial charge is 0.363 e. The van der Waals surface area contributed by atoms with Gasteiger partial charge in [-0.05, 0) is 60.9 Å². The van der Waals surface area contributed by atoms with Gasteiger partial charge in [0.05, 0.1) is 11.1 Å². The highest BCUT2D eigenvalue weighted by atomic mass is 16.5. The summed E-state index contributed by atoms with van der Waals surface area (Å²) in [5.74, 6) is 0.207. The molecule has 0 bridgehead atoms. The third-order valence-corrected chi connectivity index (χ3v) is 5.15. The number of carbonyl (C=O) groups is 1. The average Bonchev–Trinajstić information content (AvgIpc) is 3.20. The van der Waals surface area contributed by atoms with Crippen LogP contribution in [0.3, 0.4) is 0 Å². The molecule has 4 N–H and O–H groups in total. The molecule has 1 aliphatic rings. The zero-order valence-corrected chi connectivity index (χ0v) is 15.9. The first kappa shape index (κ1) is 19.0. The number of aromatic nitrogens is 2. The molecule has 1 saturated heterocycles. The van der Waals surface area contributed by atoms with Gasteiger partial charge >= 0.3 is 0 Å². The van der Waals surface area contributed by atoms with Crippen molar-refractivity contribution >= 4 is 28.7 Å². The number of nitrogens with zero attached hydrogens (tertiary/aromatic N) is 2. The fraction of sp³-hybridized carbons (Fsp3) is 0.227. The maximum absolute atomic E-state index is 11.1. The van der Waals surface area contributed by atoms with Crippen LogP contribution < -0.4 is 16.1 Å². The highest BCUT2D eigenvalue weighted by Gasteiger charge is 2.34. The van der Waals surface area contributed by atoms with Crippen LogP contribution in [0.5, 0.6) is 0 Å². The van der Waals surface area contributed by atoms with Gasteiger partial charge in [-0.25, -0.2) is 10.5 Å². The first-order chi connectivity index (χ1) is 14.2. The third kappa shape index (κ3) is 4.59. The normalized spacial score (nSPS) is 18.9. The molecular weight excluding hydrogens is 366 g/mol. The van der Waals surface area contributed by atoms with Crippen LogP contribution in [-0.2, 0) is 11.2 Å². The smallest absolute Gasteiger partial charge is 0.267 e. The summed E-state index contributed by atoms with van der Waals surface area (Å²) < 4.78 is 0. The molecule has 1 fully saturated rings. The number of fused-ring (bicyclic) bond motifs is 1. The molecule has 2 aromatic heterocycles. The Hall–Kier alpha value is -3.29. The predicted molar refractivity (Wildman–Crippen MR) is 112 cm³/mol. The van der Waals surface area contributed by atoms with Crippen LogP contribution in [0, 0.1) is 0 Å². The molecule has 3 heterocycles. The number of anilines is 1. The van der Waals surface area contributed by atoms with Crippen LogP contribution in [0.4, 0.5) is 5.82 Å². The Labute approximate surface area is 168 Å². The van der Waals surface area contributed by atoms with E-state index in [1.165, 1.54) is 11.6 Å². The van der Waals surface area contributed by atoms with Crippen molar-refractivity contribution in [3.8, 4) is 0 Å². The fourth-order valence-electron chi connectivity index (χ4n) is 3.71. The lowest BCUT2D eigenvalue weighted by atomic mass is 9.90. The van der Waals surface area contributed by atoms with E-state index in [9.17, 15) is 4.79 Å². The first-order valence-electron chi connectivity index (χ1n) is 9.57. The van der Waals surface area contributed by atoms with Crippen LogP contribution in [0.25, 0.3) is 17.0 Å². The summed E-state index contributed by atoms with van der Waals surface area (Å²) in [6.45, 7) is 1.80. The second-order valence-corrected chi connectivity index (χ2v) is 7.33. The Morgan fingerprint density at radius 2 is 2.10 bits per heavy atom. The molecular formula is C22H23N5O2. The highest BCUT2D eigenvalue weighted by molar-refractivity contribution is 5.90. The Bertz CT molecular complexity index is 1030. The number of benzene rings is 1. The summed E-state index contributed by atoms with van der Waals surface area (Å²) in [7, 11) is 0. The number of carbonyl (C=O) groups excluding carboxylic acids is 1. The number of hydroxylamine groups is 1. The molecule has 1 amide bonds. The van der Waals surface area contributed by atoms with E-state index in [2.05, 4.69) is 32.7 Å². The van der Waals surface area contributed by atoms with Crippen LogP contribution in [0.2, 0.25) is 0 Å². The Morgan fingerprint density at radius 1 is 1.21 bits per heavy atom. The molecule has 1 atom stereocenters. The Balaban J connectivity index is 1.51. The maximum atomic E-state index is 11.1. The molecule has 29 heavy (non-hydrogen) atoms. The number of hydrogen-bond donors (Lipinski definition) is 4. The minimum atomic E-state index is -0.577. The van der Waals surface area contributed by atoms with Gasteiger partial charge in [0.25, 0.3) is 5.91 Å². The monoisotopic (exact) mass is 389 g/mol. The highest BCUT2D eigenvalue weighted by Crippen LogP contribution is 2.26. The van der Waals surface area contributed by atoms with Gasteiger partial charge in [0.15, 0.2) is 0 Å². The predicted octanol–water partition coefficient (Wildman–Crippen LogP) is 2.54. The van der Waals surface area contributed by atoms with E-state index in [-0.39, 0.29) is 5.54 Å². The number of amides is 1. The van der Waals surface area contributed by atoms with Crippen molar-refractivity contribution in [3.05, 3.63) is 72.1 Å². The Morgan fingerprint density at radius 3 is 2.86 bits per heavy atom. The summed E-state index contributed by atoms with van der Waals surface area (Å²) in [5.41, 5.74) is 4.40.